The molecule has 0 aromatic carbocycles. The molecule has 1 aliphatic rings. The molecule has 0 radical (unpaired) electrons. The molecule has 0 bridgehead atoms. The van der Waals surface area contributed by atoms with E-state index in [9.17, 15) is 5.11 Å². The molecule has 0 aliphatic carbocycles. The summed E-state index contributed by atoms with van der Waals surface area (Å²) in [6.07, 6.45) is 4.34. The van der Waals surface area contributed by atoms with Gasteiger partial charge in [0.15, 0.2) is 0 Å². The van der Waals surface area contributed by atoms with Crippen LogP contribution in [0.4, 0.5) is 0 Å². The van der Waals surface area contributed by atoms with E-state index in [4.69, 9.17) is 4.74 Å². The van der Waals surface area contributed by atoms with Gasteiger partial charge in [-0.1, -0.05) is 6.07 Å². The average molecular weight is 321 g/mol. The lowest BCUT2D eigenvalue weighted by Crippen LogP contribution is -2.45. The first-order valence-corrected chi connectivity index (χ1v) is 8.69. The van der Waals surface area contributed by atoms with E-state index in [-0.39, 0.29) is 6.04 Å². The second-order valence-electron chi connectivity index (χ2n) is 5.67. The molecule has 1 saturated heterocycles. The lowest BCUT2D eigenvalue weighted by molar-refractivity contribution is -0.0296. The van der Waals surface area contributed by atoms with Crippen molar-refractivity contribution >= 4 is 11.3 Å². The van der Waals surface area contributed by atoms with Crippen LogP contribution in [0.5, 0.6) is 0 Å². The number of ether oxygens (including phenoxy) is 1. The summed E-state index contributed by atoms with van der Waals surface area (Å²) >= 11 is 1.61. The van der Waals surface area contributed by atoms with Gasteiger partial charge >= 0.3 is 0 Å². The highest BCUT2D eigenvalue weighted by molar-refractivity contribution is 7.10. The van der Waals surface area contributed by atoms with E-state index in [1.165, 1.54) is 5.56 Å². The molecular formula is C16H23N3O2S. The first-order chi connectivity index (χ1) is 10.8. The predicted molar refractivity (Wildman–Crippen MR) is 86.8 cm³/mol. The normalized spacial score (nSPS) is 21.1. The fourth-order valence-corrected chi connectivity index (χ4v) is 3.59. The van der Waals surface area contributed by atoms with Gasteiger partial charge < -0.3 is 9.84 Å². The average Bonchev–Trinajstić information content (AvgIpc) is 3.20. The van der Waals surface area contributed by atoms with Crippen LogP contribution in [-0.4, -0.2) is 45.6 Å². The number of nitrogens with zero attached hydrogens (tertiary/aromatic N) is 3. The first-order valence-electron chi connectivity index (χ1n) is 7.81. The second-order valence-corrected chi connectivity index (χ2v) is 6.65. The van der Waals surface area contributed by atoms with Crippen LogP contribution in [0.1, 0.15) is 29.9 Å². The monoisotopic (exact) mass is 321 g/mol. The summed E-state index contributed by atoms with van der Waals surface area (Å²) < 4.78 is 7.57. The number of aliphatic hydroxyl groups is 1. The standard InChI is InChI=1S/C16H23N3O2S/c1-2-19-11-13(9-17-19)10-18-5-6-21-12-14(18)8-15(20)16-4-3-7-22-16/h3-4,7,9,11,14-15,20H,2,5-6,8,10,12H2,1H3. The van der Waals surface area contributed by atoms with Gasteiger partial charge in [0.2, 0.25) is 0 Å². The highest BCUT2D eigenvalue weighted by atomic mass is 32.1. The van der Waals surface area contributed by atoms with E-state index in [0.29, 0.717) is 13.0 Å². The van der Waals surface area contributed by atoms with Crippen LogP contribution in [0.25, 0.3) is 0 Å². The molecule has 1 aliphatic heterocycles. The van der Waals surface area contributed by atoms with Crippen molar-refractivity contribution in [2.75, 3.05) is 19.8 Å². The van der Waals surface area contributed by atoms with Crippen molar-refractivity contribution in [2.24, 2.45) is 0 Å². The van der Waals surface area contributed by atoms with E-state index < -0.39 is 6.10 Å². The third-order valence-electron chi connectivity index (χ3n) is 4.11. The summed E-state index contributed by atoms with van der Waals surface area (Å²) in [7, 11) is 0. The van der Waals surface area contributed by atoms with Crippen molar-refractivity contribution in [3.8, 4) is 0 Å². The number of aromatic nitrogens is 2. The van der Waals surface area contributed by atoms with E-state index in [1.54, 1.807) is 11.3 Å². The van der Waals surface area contributed by atoms with Crippen LogP contribution in [0.3, 0.4) is 0 Å². The van der Waals surface area contributed by atoms with Crippen LogP contribution in [0, 0.1) is 0 Å². The Labute approximate surface area is 135 Å². The van der Waals surface area contributed by atoms with Gasteiger partial charge in [0.1, 0.15) is 0 Å². The molecule has 2 unspecified atom stereocenters. The Hall–Kier alpha value is -1.21. The summed E-state index contributed by atoms with van der Waals surface area (Å²) in [5.41, 5.74) is 1.22. The molecule has 0 spiro atoms. The minimum atomic E-state index is -0.410. The fourth-order valence-electron chi connectivity index (χ4n) is 2.86. The molecule has 5 nitrogen and oxygen atoms in total. The van der Waals surface area contributed by atoms with Gasteiger partial charge in [0, 0.05) is 42.3 Å². The maximum atomic E-state index is 10.4. The molecule has 0 amide bonds. The van der Waals surface area contributed by atoms with Crippen molar-refractivity contribution in [1.82, 2.24) is 14.7 Å². The smallest absolute Gasteiger partial charge is 0.0897 e. The largest absolute Gasteiger partial charge is 0.388 e. The highest BCUT2D eigenvalue weighted by Crippen LogP contribution is 2.26. The number of morpholine rings is 1. The van der Waals surface area contributed by atoms with Crippen LogP contribution in [0.2, 0.25) is 0 Å². The van der Waals surface area contributed by atoms with Crippen molar-refractivity contribution in [3.63, 3.8) is 0 Å². The summed E-state index contributed by atoms with van der Waals surface area (Å²) in [5.74, 6) is 0. The Morgan fingerprint density at radius 2 is 2.45 bits per heavy atom. The zero-order valence-corrected chi connectivity index (χ0v) is 13.7. The van der Waals surface area contributed by atoms with Crippen LogP contribution in [-0.2, 0) is 17.8 Å². The topological polar surface area (TPSA) is 50.5 Å². The number of thiophene rings is 1. The maximum absolute atomic E-state index is 10.4. The van der Waals surface area contributed by atoms with Crippen molar-refractivity contribution < 1.29 is 9.84 Å². The van der Waals surface area contributed by atoms with Crippen LogP contribution >= 0.6 is 11.3 Å². The molecular weight excluding hydrogens is 298 g/mol. The Bertz CT molecular complexity index is 570. The number of hydrogen-bond donors (Lipinski definition) is 1. The van der Waals surface area contributed by atoms with Gasteiger partial charge in [0.25, 0.3) is 0 Å². The van der Waals surface area contributed by atoms with Gasteiger partial charge in [-0.05, 0) is 24.8 Å². The third-order valence-corrected chi connectivity index (χ3v) is 5.09. The molecule has 1 fully saturated rings. The molecule has 3 heterocycles. The van der Waals surface area contributed by atoms with Gasteiger partial charge in [-0.3, -0.25) is 9.58 Å². The fraction of sp³-hybridized carbons (Fsp3) is 0.562. The second kappa shape index (κ2) is 7.37. The molecule has 6 heteroatoms. The summed E-state index contributed by atoms with van der Waals surface area (Å²) in [4.78, 5) is 3.43. The lowest BCUT2D eigenvalue weighted by Gasteiger charge is -2.36. The zero-order chi connectivity index (χ0) is 15.4. The lowest BCUT2D eigenvalue weighted by atomic mass is 10.1. The predicted octanol–water partition coefficient (Wildman–Crippen LogP) is 2.29. The van der Waals surface area contributed by atoms with Crippen LogP contribution < -0.4 is 0 Å². The highest BCUT2D eigenvalue weighted by Gasteiger charge is 2.26. The number of hydrogen-bond acceptors (Lipinski definition) is 5. The van der Waals surface area contributed by atoms with E-state index in [0.717, 1.165) is 31.1 Å². The Morgan fingerprint density at radius 1 is 1.55 bits per heavy atom. The summed E-state index contributed by atoms with van der Waals surface area (Å²) in [6, 6.07) is 4.22. The number of aliphatic hydroxyl groups excluding tert-OH is 1. The Kier molecular flexibility index (Phi) is 5.25. The van der Waals surface area contributed by atoms with Crippen molar-refractivity contribution in [1.29, 1.82) is 0 Å². The van der Waals surface area contributed by atoms with E-state index in [2.05, 4.69) is 23.1 Å². The van der Waals surface area contributed by atoms with Crippen molar-refractivity contribution in [2.45, 2.75) is 38.6 Å². The molecule has 3 rings (SSSR count). The third kappa shape index (κ3) is 3.76. The Balaban J connectivity index is 1.63. The molecule has 22 heavy (non-hydrogen) atoms. The van der Waals surface area contributed by atoms with Gasteiger partial charge in [-0.25, -0.2) is 0 Å². The maximum Gasteiger partial charge on any atom is 0.0897 e. The first kappa shape index (κ1) is 15.7. The zero-order valence-electron chi connectivity index (χ0n) is 12.9. The van der Waals surface area contributed by atoms with Gasteiger partial charge in [-0.15, -0.1) is 11.3 Å². The molecule has 120 valence electrons. The van der Waals surface area contributed by atoms with Crippen molar-refractivity contribution in [3.05, 3.63) is 40.3 Å². The minimum Gasteiger partial charge on any atom is -0.388 e. The molecule has 0 saturated carbocycles. The summed E-state index contributed by atoms with van der Waals surface area (Å²) in [6.45, 7) is 6.19. The molecule has 1 N–H and O–H groups in total. The van der Waals surface area contributed by atoms with Gasteiger partial charge in [0.05, 0.1) is 25.5 Å². The summed E-state index contributed by atoms with van der Waals surface area (Å²) in [5, 5.41) is 16.7. The molecule has 2 aromatic rings. The van der Waals surface area contributed by atoms with Crippen LogP contribution in [0.15, 0.2) is 29.9 Å². The minimum absolute atomic E-state index is 0.246. The number of rotatable bonds is 6. The SMILES string of the molecule is CCn1cc(CN2CCOCC2CC(O)c2cccs2)cn1. The quantitative estimate of drug-likeness (QED) is 0.887. The molecule has 2 atom stereocenters. The molecule has 2 aromatic heterocycles. The Morgan fingerprint density at radius 3 is 3.18 bits per heavy atom. The van der Waals surface area contributed by atoms with Gasteiger partial charge in [-0.2, -0.15) is 5.10 Å². The van der Waals surface area contributed by atoms with E-state index in [1.807, 2.05) is 28.4 Å². The van der Waals surface area contributed by atoms with E-state index >= 15 is 0 Å². The number of aryl methyl sites for hydroxylation is 1.